The molecule has 8 nitrogen and oxygen atoms in total. The number of fused-ring (bicyclic) bond motifs is 1. The van der Waals surface area contributed by atoms with Crippen LogP contribution in [-0.4, -0.2) is 64.3 Å². The number of benzene rings is 1. The zero-order valence-corrected chi connectivity index (χ0v) is 21.0. The number of hydrogen-bond donors (Lipinski definition) is 3. The molecular weight excluding hydrogens is 467 g/mol. The average molecular weight is 501 g/mol. The highest BCUT2D eigenvalue weighted by molar-refractivity contribution is 5.86. The van der Waals surface area contributed by atoms with E-state index in [-0.39, 0.29) is 5.82 Å². The number of aromatic amines is 1. The third-order valence-electron chi connectivity index (χ3n) is 7.32. The van der Waals surface area contributed by atoms with Crippen molar-refractivity contribution in [1.29, 1.82) is 0 Å². The van der Waals surface area contributed by atoms with Gasteiger partial charge in [-0.05, 0) is 55.3 Å². The first-order chi connectivity index (χ1) is 18.2. The molecule has 0 saturated carbocycles. The minimum absolute atomic E-state index is 0.305. The number of H-pyrrole nitrogens is 1. The lowest BCUT2D eigenvalue weighted by atomic mass is 10.0. The number of pyridine rings is 2. The summed E-state index contributed by atoms with van der Waals surface area (Å²) < 4.78 is 14.8. The largest absolute Gasteiger partial charge is 0.378 e. The van der Waals surface area contributed by atoms with Crippen molar-refractivity contribution in [3.8, 4) is 11.1 Å². The topological polar surface area (TPSA) is 85.0 Å². The van der Waals surface area contributed by atoms with Gasteiger partial charge in [-0.3, -0.25) is 15.0 Å². The maximum absolute atomic E-state index is 14.8. The van der Waals surface area contributed by atoms with E-state index >= 15 is 0 Å². The Morgan fingerprint density at radius 3 is 2.62 bits per heavy atom. The summed E-state index contributed by atoms with van der Waals surface area (Å²) in [4.78, 5) is 13.4. The fraction of sp³-hybridized carbons (Fsp3) is 0.393. The summed E-state index contributed by atoms with van der Waals surface area (Å²) in [5.74, 6) is 0.111. The summed E-state index contributed by atoms with van der Waals surface area (Å²) >= 11 is 0. The van der Waals surface area contributed by atoms with Crippen molar-refractivity contribution < 1.29 is 4.39 Å². The number of nitrogens with one attached hydrogen (secondary N) is 3. The number of anilines is 2. The third-order valence-corrected chi connectivity index (χ3v) is 7.32. The normalized spacial score (nSPS) is 16.8. The van der Waals surface area contributed by atoms with Gasteiger partial charge in [-0.1, -0.05) is 12.5 Å². The smallest absolute Gasteiger partial charge is 0.167 e. The number of halogens is 1. The minimum atomic E-state index is -0.305. The zero-order chi connectivity index (χ0) is 25.0. The summed E-state index contributed by atoms with van der Waals surface area (Å²) in [6.45, 7) is 6.97. The van der Waals surface area contributed by atoms with Crippen LogP contribution >= 0.6 is 0 Å². The fourth-order valence-electron chi connectivity index (χ4n) is 5.31. The number of rotatable bonds is 7. The molecule has 0 aliphatic carbocycles. The standard InChI is InChI=1S/C28H33FN8/c29-25-14-23(17-33-28(25)37-10-6-30-7-11-37)32-18-27-24-13-21(4-5-26(24)34-35-27)22-12-20(15-31-16-22)19-36-8-2-1-3-9-36/h4-5,12-17,30,32H,1-3,6-11,18-19H2,(H,34,35). The monoisotopic (exact) mass is 500 g/mol. The second-order valence-corrected chi connectivity index (χ2v) is 9.97. The number of piperazine rings is 1. The summed E-state index contributed by atoms with van der Waals surface area (Å²) in [5.41, 5.74) is 5.94. The molecule has 192 valence electrons. The SMILES string of the molecule is Fc1cc(NCc2[nH]nc3ccc(-c4cncc(CN5CCCCC5)c4)cc23)cnc1N1CCNCC1. The van der Waals surface area contributed by atoms with Gasteiger partial charge in [0.15, 0.2) is 11.6 Å². The molecule has 3 N–H and O–H groups in total. The van der Waals surface area contributed by atoms with Crippen LogP contribution in [0.1, 0.15) is 30.5 Å². The van der Waals surface area contributed by atoms with Crippen LogP contribution in [0, 0.1) is 5.82 Å². The molecule has 37 heavy (non-hydrogen) atoms. The lowest BCUT2D eigenvalue weighted by Gasteiger charge is -2.28. The first-order valence-corrected chi connectivity index (χ1v) is 13.2. The molecule has 0 unspecified atom stereocenters. The lowest BCUT2D eigenvalue weighted by molar-refractivity contribution is 0.220. The Morgan fingerprint density at radius 1 is 0.919 bits per heavy atom. The Hall–Kier alpha value is -3.56. The molecule has 5 heterocycles. The molecule has 2 fully saturated rings. The van der Waals surface area contributed by atoms with Crippen molar-refractivity contribution >= 4 is 22.4 Å². The van der Waals surface area contributed by atoms with Gasteiger partial charge in [0, 0.05) is 62.1 Å². The molecule has 6 rings (SSSR count). The second kappa shape index (κ2) is 10.8. The zero-order valence-electron chi connectivity index (χ0n) is 21.0. The van der Waals surface area contributed by atoms with Crippen LogP contribution < -0.4 is 15.5 Å². The summed E-state index contributed by atoms with van der Waals surface area (Å²) in [6.07, 6.45) is 9.50. The van der Waals surface area contributed by atoms with Crippen LogP contribution in [0.25, 0.3) is 22.0 Å². The highest BCUT2D eigenvalue weighted by atomic mass is 19.1. The average Bonchev–Trinajstić information content (AvgIpc) is 3.35. The molecule has 9 heteroatoms. The van der Waals surface area contributed by atoms with E-state index in [0.29, 0.717) is 18.1 Å². The Kier molecular flexibility index (Phi) is 6.96. The molecule has 2 aliphatic heterocycles. The van der Waals surface area contributed by atoms with Gasteiger partial charge in [0.25, 0.3) is 0 Å². The van der Waals surface area contributed by atoms with Crippen molar-refractivity contribution in [2.75, 3.05) is 49.5 Å². The van der Waals surface area contributed by atoms with Crippen molar-refractivity contribution in [2.24, 2.45) is 0 Å². The molecule has 2 saturated heterocycles. The number of piperidine rings is 1. The van der Waals surface area contributed by atoms with Crippen LogP contribution in [0.3, 0.4) is 0 Å². The van der Waals surface area contributed by atoms with E-state index in [1.54, 1.807) is 6.20 Å². The van der Waals surface area contributed by atoms with E-state index < -0.39 is 0 Å². The van der Waals surface area contributed by atoms with E-state index in [4.69, 9.17) is 0 Å². The molecule has 0 radical (unpaired) electrons. The second-order valence-electron chi connectivity index (χ2n) is 9.97. The molecule has 1 aromatic carbocycles. The van der Waals surface area contributed by atoms with Crippen LogP contribution in [0.2, 0.25) is 0 Å². The van der Waals surface area contributed by atoms with Gasteiger partial charge in [0.1, 0.15) is 0 Å². The Morgan fingerprint density at radius 2 is 1.78 bits per heavy atom. The number of aromatic nitrogens is 4. The van der Waals surface area contributed by atoms with E-state index in [9.17, 15) is 4.39 Å². The molecule has 2 aliphatic rings. The fourth-order valence-corrected chi connectivity index (χ4v) is 5.31. The third kappa shape index (κ3) is 5.42. The molecule has 4 aromatic rings. The number of hydrogen-bond acceptors (Lipinski definition) is 7. The van der Waals surface area contributed by atoms with E-state index in [1.165, 1.54) is 44.0 Å². The van der Waals surface area contributed by atoms with Crippen molar-refractivity contribution in [3.05, 3.63) is 66.0 Å². The Bertz CT molecular complexity index is 1360. The van der Waals surface area contributed by atoms with Gasteiger partial charge < -0.3 is 15.5 Å². The molecule has 0 spiro atoms. The van der Waals surface area contributed by atoms with Crippen molar-refractivity contribution in [1.82, 2.24) is 30.4 Å². The Labute approximate surface area is 216 Å². The van der Waals surface area contributed by atoms with Crippen LogP contribution in [0.5, 0.6) is 0 Å². The first kappa shape index (κ1) is 23.8. The quantitative estimate of drug-likeness (QED) is 0.351. The van der Waals surface area contributed by atoms with Crippen molar-refractivity contribution in [2.45, 2.75) is 32.4 Å². The molecule has 0 atom stereocenters. The van der Waals surface area contributed by atoms with E-state index in [2.05, 4.69) is 53.9 Å². The maximum atomic E-state index is 14.8. The minimum Gasteiger partial charge on any atom is -0.378 e. The highest BCUT2D eigenvalue weighted by Crippen LogP contribution is 2.27. The van der Waals surface area contributed by atoms with Gasteiger partial charge in [0.2, 0.25) is 0 Å². The molecule has 0 amide bonds. The maximum Gasteiger partial charge on any atom is 0.167 e. The van der Waals surface area contributed by atoms with E-state index in [1.807, 2.05) is 23.4 Å². The van der Waals surface area contributed by atoms with Gasteiger partial charge >= 0.3 is 0 Å². The van der Waals surface area contributed by atoms with Crippen molar-refractivity contribution in [3.63, 3.8) is 0 Å². The predicted molar refractivity (Wildman–Crippen MR) is 145 cm³/mol. The Balaban J connectivity index is 1.17. The molecule has 0 bridgehead atoms. The lowest BCUT2D eigenvalue weighted by Crippen LogP contribution is -2.44. The van der Waals surface area contributed by atoms with Crippen LogP contribution in [-0.2, 0) is 13.1 Å². The molecular formula is C28H33FN8. The number of likely N-dealkylation sites (tertiary alicyclic amines) is 1. The first-order valence-electron chi connectivity index (χ1n) is 13.2. The molecule has 3 aromatic heterocycles. The van der Waals surface area contributed by atoms with Gasteiger partial charge in [0.05, 0.1) is 29.6 Å². The van der Waals surface area contributed by atoms with E-state index in [0.717, 1.165) is 60.4 Å². The van der Waals surface area contributed by atoms with Gasteiger partial charge in [-0.25, -0.2) is 9.37 Å². The highest BCUT2D eigenvalue weighted by Gasteiger charge is 2.17. The number of nitrogens with zero attached hydrogens (tertiary/aromatic N) is 5. The van der Waals surface area contributed by atoms with Crippen LogP contribution in [0.4, 0.5) is 15.9 Å². The van der Waals surface area contributed by atoms with Crippen LogP contribution in [0.15, 0.2) is 48.9 Å². The predicted octanol–water partition coefficient (Wildman–Crippen LogP) is 4.17. The summed E-state index contributed by atoms with van der Waals surface area (Å²) in [7, 11) is 0. The summed E-state index contributed by atoms with van der Waals surface area (Å²) in [6, 6.07) is 10.1. The summed E-state index contributed by atoms with van der Waals surface area (Å²) in [5, 5.41) is 15.2. The van der Waals surface area contributed by atoms with Gasteiger partial charge in [-0.2, -0.15) is 5.10 Å². The van der Waals surface area contributed by atoms with Gasteiger partial charge in [-0.15, -0.1) is 0 Å².